The summed E-state index contributed by atoms with van der Waals surface area (Å²) in [6.45, 7) is 4.28. The lowest BCUT2D eigenvalue weighted by molar-refractivity contribution is 0.478. The average Bonchev–Trinajstić information content (AvgIpc) is 3.43. The molecule has 0 radical (unpaired) electrons. The smallest absolute Gasteiger partial charge is 0.0537 e. The van der Waals surface area contributed by atoms with E-state index in [2.05, 4.69) is 231 Å². The van der Waals surface area contributed by atoms with Crippen molar-refractivity contribution in [2.75, 3.05) is 4.90 Å². The van der Waals surface area contributed by atoms with E-state index in [1.165, 1.54) is 105 Å². The number of hydrogen-bond acceptors (Lipinski definition) is 1. The van der Waals surface area contributed by atoms with Crippen LogP contribution >= 0.6 is 0 Å². The highest BCUT2D eigenvalue weighted by Crippen LogP contribution is 2.49. The Morgan fingerprint density at radius 1 is 0.662 bits per heavy atom. The number of aryl methyl sites for hydroxylation is 2. The molecule has 314 valence electrons. The van der Waals surface area contributed by atoms with Gasteiger partial charge in [-0.2, -0.15) is 0 Å². The average molecular weight is 837 g/mol. The number of allylic oxidation sites excluding steroid dienone is 15. The van der Waals surface area contributed by atoms with Crippen molar-refractivity contribution in [3.8, 4) is 12.3 Å². The Kier molecular flexibility index (Phi) is 10.2. The van der Waals surface area contributed by atoms with Gasteiger partial charge in [-0.05, 0) is 150 Å². The predicted octanol–water partition coefficient (Wildman–Crippen LogP) is 16.2. The van der Waals surface area contributed by atoms with Gasteiger partial charge in [-0.15, -0.1) is 6.42 Å². The number of para-hydroxylation sites is 1. The van der Waals surface area contributed by atoms with Crippen molar-refractivity contribution in [3.63, 3.8) is 0 Å². The van der Waals surface area contributed by atoms with Crippen molar-refractivity contribution >= 4 is 73.4 Å². The zero-order valence-corrected chi connectivity index (χ0v) is 37.5. The third-order valence-electron chi connectivity index (χ3n) is 14.0. The van der Waals surface area contributed by atoms with Gasteiger partial charge in [0.05, 0.1) is 5.69 Å². The summed E-state index contributed by atoms with van der Waals surface area (Å²) in [4.78, 5) is 2.44. The fourth-order valence-electron chi connectivity index (χ4n) is 10.7. The van der Waals surface area contributed by atoms with Gasteiger partial charge in [-0.3, -0.25) is 0 Å². The first-order valence-electron chi connectivity index (χ1n) is 23.0. The highest BCUT2D eigenvalue weighted by molar-refractivity contribution is 6.10. The fourth-order valence-corrected chi connectivity index (χ4v) is 10.7. The molecule has 1 aromatic heterocycles. The molecule has 2 heteroatoms. The van der Waals surface area contributed by atoms with Crippen LogP contribution in [0.1, 0.15) is 70.7 Å². The van der Waals surface area contributed by atoms with E-state index in [1.54, 1.807) is 0 Å². The Morgan fingerprint density at radius 3 is 2.38 bits per heavy atom. The van der Waals surface area contributed by atoms with E-state index in [1.807, 2.05) is 0 Å². The largest absolute Gasteiger partial charge is 0.344 e. The summed E-state index contributed by atoms with van der Waals surface area (Å²) < 4.78 is 2.31. The third-order valence-corrected chi connectivity index (χ3v) is 14.0. The second kappa shape index (κ2) is 16.5. The zero-order valence-electron chi connectivity index (χ0n) is 37.5. The second-order valence-corrected chi connectivity index (χ2v) is 18.3. The van der Waals surface area contributed by atoms with Crippen molar-refractivity contribution in [1.29, 1.82) is 0 Å². The molecule has 1 heterocycles. The maximum atomic E-state index is 5.62. The molecule has 7 aromatic rings. The van der Waals surface area contributed by atoms with E-state index in [9.17, 15) is 0 Å². The quantitative estimate of drug-likeness (QED) is 0.161. The molecule has 1 atom stereocenters. The highest BCUT2D eigenvalue weighted by Gasteiger charge is 2.34. The molecule has 6 aromatic carbocycles. The van der Waals surface area contributed by atoms with Gasteiger partial charge in [0.2, 0.25) is 0 Å². The Bertz CT molecular complexity index is 3430. The van der Waals surface area contributed by atoms with Crippen molar-refractivity contribution in [1.82, 2.24) is 4.57 Å². The Labute approximate surface area is 383 Å². The monoisotopic (exact) mass is 836 g/mol. The molecule has 0 saturated heterocycles. The SMILES string of the molecule is C#Cc1ccc2c3c4c(ccc13)C=CCC4=CC2.CC1=CC=CCC=C1.Cc1ccc2c(c1)c1cc(N(c3ccccc3)c3ccc4c5c3C=CC3(C=CC=C(/C=C\4)C3)C5)ccc1n2C. The van der Waals surface area contributed by atoms with Gasteiger partial charge < -0.3 is 9.47 Å². The number of terminal acetylenes is 1. The summed E-state index contributed by atoms with van der Waals surface area (Å²) >= 11 is 0. The molecule has 0 amide bonds. The van der Waals surface area contributed by atoms with Crippen LogP contribution in [0.15, 0.2) is 187 Å². The van der Waals surface area contributed by atoms with Crippen LogP contribution in [0.25, 0.3) is 56.4 Å². The van der Waals surface area contributed by atoms with E-state index in [0.29, 0.717) is 0 Å². The van der Waals surface area contributed by atoms with E-state index >= 15 is 0 Å². The maximum absolute atomic E-state index is 5.62. The van der Waals surface area contributed by atoms with Crippen molar-refractivity contribution < 1.29 is 0 Å². The Balaban J connectivity index is 0.000000147. The van der Waals surface area contributed by atoms with Crippen molar-refractivity contribution in [2.24, 2.45) is 12.5 Å². The number of aromatic nitrogens is 1. The van der Waals surface area contributed by atoms with Crippen LogP contribution in [-0.4, -0.2) is 4.57 Å². The van der Waals surface area contributed by atoms with Gasteiger partial charge >= 0.3 is 0 Å². The van der Waals surface area contributed by atoms with Crippen molar-refractivity contribution in [2.45, 2.75) is 46.0 Å². The summed E-state index contributed by atoms with van der Waals surface area (Å²) in [6.07, 6.45) is 44.7. The maximum Gasteiger partial charge on any atom is 0.0537 e. The van der Waals surface area contributed by atoms with E-state index in [4.69, 9.17) is 6.42 Å². The third kappa shape index (κ3) is 7.28. The molecule has 0 N–H and O–H groups in total. The van der Waals surface area contributed by atoms with Crippen LogP contribution in [0.5, 0.6) is 0 Å². The normalized spacial score (nSPS) is 18.2. The highest BCUT2D eigenvalue weighted by atomic mass is 15.1. The van der Waals surface area contributed by atoms with Gasteiger partial charge in [-0.25, -0.2) is 0 Å². The minimum absolute atomic E-state index is 0.0759. The fraction of sp³-hybridized carbons (Fsp3) is 0.143. The molecule has 1 unspecified atom stereocenters. The Hall–Kier alpha value is -7.60. The van der Waals surface area contributed by atoms with Gasteiger partial charge in [-0.1, -0.05) is 157 Å². The summed E-state index contributed by atoms with van der Waals surface area (Å²) in [7, 11) is 2.17. The van der Waals surface area contributed by atoms with Crippen LogP contribution in [0.4, 0.5) is 17.1 Å². The molecule has 3 bridgehead atoms. The zero-order chi connectivity index (χ0) is 44.1. The van der Waals surface area contributed by atoms with Crippen LogP contribution in [0, 0.1) is 24.7 Å². The molecule has 6 aliphatic rings. The van der Waals surface area contributed by atoms with Gasteiger partial charge in [0.15, 0.2) is 0 Å². The standard InChI is InChI=1S/C37H30N2.C18H12.C8H10/c1-25-10-15-34-31(21-25)32-22-29(14-17-35(32)38(34)2)39(28-8-4-3-5-9-28)36-16-13-27-12-11-26-7-6-19-37(23-26)20-18-30(36)33(27)24-37;1-2-12-6-7-15-9-8-13-4-3-5-14-10-11-16(12)18(15)17(13)14;1-8-6-4-2-3-5-7-8/h3-22H,23-24H2,1-2H3;1,3,5-8,10-11H,4,9H2;2,4-7H,3H2,1H3/b12-11-;;. The van der Waals surface area contributed by atoms with Crippen LogP contribution in [0.3, 0.4) is 0 Å². The van der Waals surface area contributed by atoms with E-state index < -0.39 is 0 Å². The van der Waals surface area contributed by atoms with E-state index in [0.717, 1.165) is 37.7 Å². The molecular weight excluding hydrogens is 785 g/mol. The number of rotatable bonds is 3. The number of anilines is 3. The number of hydrogen-bond donors (Lipinski definition) is 0. The molecule has 1 spiro atoms. The minimum atomic E-state index is 0.0759. The van der Waals surface area contributed by atoms with Crippen LogP contribution in [0.2, 0.25) is 0 Å². The first kappa shape index (κ1) is 40.2. The second-order valence-electron chi connectivity index (χ2n) is 18.3. The van der Waals surface area contributed by atoms with Gasteiger partial charge in [0.1, 0.15) is 0 Å². The summed E-state index contributed by atoms with van der Waals surface area (Å²) in [5.74, 6) is 2.81. The summed E-state index contributed by atoms with van der Waals surface area (Å²) in [5, 5.41) is 5.21. The number of benzene rings is 6. The van der Waals surface area contributed by atoms with Crippen LogP contribution in [-0.2, 0) is 19.9 Å². The molecule has 0 saturated carbocycles. The first-order chi connectivity index (χ1) is 31.9. The lowest BCUT2D eigenvalue weighted by Gasteiger charge is -2.38. The molecule has 6 aliphatic carbocycles. The Morgan fingerprint density at radius 2 is 1.51 bits per heavy atom. The summed E-state index contributed by atoms with van der Waals surface area (Å²) in [6, 6.07) is 37.7. The topological polar surface area (TPSA) is 8.17 Å². The van der Waals surface area contributed by atoms with Crippen LogP contribution < -0.4 is 4.90 Å². The molecule has 2 nitrogen and oxygen atoms in total. The minimum Gasteiger partial charge on any atom is -0.344 e. The number of fused-ring (bicyclic) bond motifs is 4. The first-order valence-corrected chi connectivity index (χ1v) is 23.0. The molecule has 65 heavy (non-hydrogen) atoms. The molecular formula is C63H52N2. The lowest BCUT2D eigenvalue weighted by Crippen LogP contribution is -2.26. The van der Waals surface area contributed by atoms with E-state index in [-0.39, 0.29) is 5.41 Å². The lowest BCUT2D eigenvalue weighted by atomic mass is 9.68. The molecule has 13 rings (SSSR count). The number of nitrogens with zero attached hydrogens (tertiary/aromatic N) is 2. The molecule has 0 fully saturated rings. The predicted molar refractivity (Wildman–Crippen MR) is 280 cm³/mol. The molecule has 0 aliphatic heterocycles. The van der Waals surface area contributed by atoms with Crippen molar-refractivity contribution in [3.05, 3.63) is 232 Å². The van der Waals surface area contributed by atoms with Gasteiger partial charge in [0.25, 0.3) is 0 Å². The van der Waals surface area contributed by atoms with Gasteiger partial charge in [0, 0.05) is 56.8 Å². The summed E-state index contributed by atoms with van der Waals surface area (Å²) in [5.41, 5.74) is 20.9.